The van der Waals surface area contributed by atoms with Crippen LogP contribution < -0.4 is 10.0 Å². The molecule has 0 bridgehead atoms. The van der Waals surface area contributed by atoms with E-state index in [1.54, 1.807) is 23.9 Å². The normalized spacial score (nSPS) is 13.4. The van der Waals surface area contributed by atoms with E-state index in [2.05, 4.69) is 10.0 Å². The molecule has 0 spiro atoms. The molecule has 1 unspecified atom stereocenters. The highest BCUT2D eigenvalue weighted by atomic mass is 32.2. The van der Waals surface area contributed by atoms with Crippen LogP contribution in [0.25, 0.3) is 0 Å². The Morgan fingerprint density at radius 3 is 2.42 bits per heavy atom. The van der Waals surface area contributed by atoms with Gasteiger partial charge < -0.3 is 5.32 Å². The van der Waals surface area contributed by atoms with Gasteiger partial charge in [-0.1, -0.05) is 12.1 Å². The minimum Gasteiger partial charge on any atom is -0.316 e. The van der Waals surface area contributed by atoms with Crippen LogP contribution in [0.2, 0.25) is 0 Å². The quantitative estimate of drug-likeness (QED) is 0.769. The van der Waals surface area contributed by atoms with Gasteiger partial charge in [0.05, 0.1) is 4.90 Å². The molecule has 1 atom stereocenters. The molecular formula is C13H22N2O2S2. The van der Waals surface area contributed by atoms with Crippen LogP contribution in [-0.2, 0) is 16.6 Å². The molecule has 0 aliphatic carbocycles. The molecule has 19 heavy (non-hydrogen) atoms. The lowest BCUT2D eigenvalue weighted by molar-refractivity contribution is 0.557. The van der Waals surface area contributed by atoms with E-state index in [0.717, 1.165) is 24.3 Å². The molecule has 1 rings (SSSR count). The van der Waals surface area contributed by atoms with Gasteiger partial charge in [-0.3, -0.25) is 0 Å². The van der Waals surface area contributed by atoms with E-state index < -0.39 is 10.0 Å². The molecule has 1 aromatic carbocycles. The molecule has 4 nitrogen and oxygen atoms in total. The highest BCUT2D eigenvalue weighted by Gasteiger charge is 2.16. The zero-order valence-electron chi connectivity index (χ0n) is 11.6. The molecule has 0 saturated carbocycles. The van der Waals surface area contributed by atoms with Gasteiger partial charge in [-0.25, -0.2) is 13.1 Å². The van der Waals surface area contributed by atoms with Crippen molar-refractivity contribution in [1.82, 2.24) is 10.0 Å². The van der Waals surface area contributed by atoms with Crippen LogP contribution >= 0.6 is 11.8 Å². The molecule has 108 valence electrons. The minimum atomic E-state index is -3.40. The fourth-order valence-corrected chi connectivity index (χ4v) is 3.54. The van der Waals surface area contributed by atoms with Crippen LogP contribution in [-0.4, -0.2) is 33.5 Å². The summed E-state index contributed by atoms with van der Waals surface area (Å²) in [5.74, 6) is 0.949. The SMILES string of the molecule is CNCc1ccc(S(=O)(=O)NC(C)CCSC)cc1. The minimum absolute atomic E-state index is 0.0468. The van der Waals surface area contributed by atoms with Crippen LogP contribution in [0.1, 0.15) is 18.9 Å². The van der Waals surface area contributed by atoms with Gasteiger partial charge in [-0.2, -0.15) is 11.8 Å². The van der Waals surface area contributed by atoms with Gasteiger partial charge in [-0.05, 0) is 50.1 Å². The number of thioether (sulfide) groups is 1. The lowest BCUT2D eigenvalue weighted by Crippen LogP contribution is -2.33. The van der Waals surface area contributed by atoms with Gasteiger partial charge in [0.1, 0.15) is 0 Å². The Morgan fingerprint density at radius 1 is 1.26 bits per heavy atom. The molecule has 0 amide bonds. The average molecular weight is 302 g/mol. The molecule has 0 saturated heterocycles. The summed E-state index contributed by atoms with van der Waals surface area (Å²) in [7, 11) is -1.54. The lowest BCUT2D eigenvalue weighted by Gasteiger charge is -2.14. The maximum absolute atomic E-state index is 12.1. The summed E-state index contributed by atoms with van der Waals surface area (Å²) in [6.07, 6.45) is 2.85. The van der Waals surface area contributed by atoms with Crippen LogP contribution in [0.4, 0.5) is 0 Å². The second kappa shape index (κ2) is 7.89. The summed E-state index contributed by atoms with van der Waals surface area (Å²) < 4.78 is 27.0. The van der Waals surface area contributed by atoms with Crippen molar-refractivity contribution >= 4 is 21.8 Å². The first-order valence-corrected chi connectivity index (χ1v) is 9.12. The lowest BCUT2D eigenvalue weighted by atomic mass is 10.2. The average Bonchev–Trinajstić information content (AvgIpc) is 2.37. The molecule has 0 fully saturated rings. The second-order valence-corrected chi connectivity index (χ2v) is 7.18. The van der Waals surface area contributed by atoms with E-state index in [9.17, 15) is 8.42 Å². The third kappa shape index (κ3) is 5.52. The van der Waals surface area contributed by atoms with Crippen molar-refractivity contribution in [2.24, 2.45) is 0 Å². The van der Waals surface area contributed by atoms with Crippen molar-refractivity contribution < 1.29 is 8.42 Å². The molecule has 2 N–H and O–H groups in total. The summed E-state index contributed by atoms with van der Waals surface area (Å²) in [6, 6.07) is 6.91. The fourth-order valence-electron chi connectivity index (χ4n) is 1.68. The predicted octanol–water partition coefficient (Wildman–Crippen LogP) is 1.83. The molecular weight excluding hydrogens is 280 g/mol. The topological polar surface area (TPSA) is 58.2 Å². The zero-order chi connectivity index (χ0) is 14.3. The molecule has 1 aromatic rings. The Kier molecular flexibility index (Phi) is 6.85. The van der Waals surface area contributed by atoms with Crippen molar-refractivity contribution in [3.05, 3.63) is 29.8 Å². The summed E-state index contributed by atoms with van der Waals surface area (Å²) in [5, 5.41) is 3.03. The Bertz CT molecular complexity index is 472. The van der Waals surface area contributed by atoms with Crippen molar-refractivity contribution in [3.63, 3.8) is 0 Å². The molecule has 0 aromatic heterocycles. The molecule has 0 aliphatic heterocycles. The first kappa shape index (κ1) is 16.5. The number of benzene rings is 1. The van der Waals surface area contributed by atoms with Crippen molar-refractivity contribution in [3.8, 4) is 0 Å². The predicted molar refractivity (Wildman–Crippen MR) is 82.0 cm³/mol. The highest BCUT2D eigenvalue weighted by molar-refractivity contribution is 7.98. The number of sulfonamides is 1. The number of rotatable bonds is 8. The first-order chi connectivity index (χ1) is 8.99. The van der Waals surface area contributed by atoms with E-state index in [-0.39, 0.29) is 6.04 Å². The van der Waals surface area contributed by atoms with Crippen LogP contribution in [0.5, 0.6) is 0 Å². The smallest absolute Gasteiger partial charge is 0.240 e. The van der Waals surface area contributed by atoms with E-state index in [1.807, 2.05) is 32.4 Å². The third-order valence-electron chi connectivity index (χ3n) is 2.73. The zero-order valence-corrected chi connectivity index (χ0v) is 13.3. The molecule has 6 heteroatoms. The third-order valence-corrected chi connectivity index (χ3v) is 4.98. The van der Waals surface area contributed by atoms with Gasteiger partial charge in [0.2, 0.25) is 10.0 Å². The number of nitrogens with one attached hydrogen (secondary N) is 2. The summed E-state index contributed by atoms with van der Waals surface area (Å²) in [4.78, 5) is 0.323. The maximum atomic E-state index is 12.1. The van der Waals surface area contributed by atoms with Gasteiger partial charge >= 0.3 is 0 Å². The van der Waals surface area contributed by atoms with Crippen molar-refractivity contribution in [2.45, 2.75) is 30.8 Å². The van der Waals surface area contributed by atoms with E-state index in [1.165, 1.54) is 0 Å². The Morgan fingerprint density at radius 2 is 1.89 bits per heavy atom. The maximum Gasteiger partial charge on any atom is 0.240 e. The summed E-state index contributed by atoms with van der Waals surface area (Å²) in [6.45, 7) is 2.63. The standard InChI is InChI=1S/C13H22N2O2S2/c1-11(8-9-18-3)15-19(16,17)13-6-4-12(5-7-13)10-14-2/h4-7,11,14-15H,8-10H2,1-3H3. The summed E-state index contributed by atoms with van der Waals surface area (Å²) >= 11 is 1.72. The fraction of sp³-hybridized carbons (Fsp3) is 0.538. The number of hydrogen-bond donors (Lipinski definition) is 2. The van der Waals surface area contributed by atoms with Gasteiger partial charge in [0.25, 0.3) is 0 Å². The van der Waals surface area contributed by atoms with E-state index in [0.29, 0.717) is 4.90 Å². The summed E-state index contributed by atoms with van der Waals surface area (Å²) in [5.41, 5.74) is 1.07. The van der Waals surface area contributed by atoms with E-state index >= 15 is 0 Å². The van der Waals surface area contributed by atoms with Crippen molar-refractivity contribution in [1.29, 1.82) is 0 Å². The van der Waals surface area contributed by atoms with Gasteiger partial charge in [0.15, 0.2) is 0 Å². The molecule has 0 radical (unpaired) electrons. The Hall–Kier alpha value is -0.560. The second-order valence-electron chi connectivity index (χ2n) is 4.48. The van der Waals surface area contributed by atoms with Crippen LogP contribution in [0.3, 0.4) is 0 Å². The largest absolute Gasteiger partial charge is 0.316 e. The Labute approximate surface area is 120 Å². The van der Waals surface area contributed by atoms with Gasteiger partial charge in [-0.15, -0.1) is 0 Å². The monoisotopic (exact) mass is 302 g/mol. The molecule has 0 aliphatic rings. The molecule has 0 heterocycles. The Balaban J connectivity index is 2.71. The van der Waals surface area contributed by atoms with Crippen molar-refractivity contribution in [2.75, 3.05) is 19.1 Å². The van der Waals surface area contributed by atoms with E-state index in [4.69, 9.17) is 0 Å². The van der Waals surface area contributed by atoms with Gasteiger partial charge in [0, 0.05) is 12.6 Å². The highest BCUT2D eigenvalue weighted by Crippen LogP contribution is 2.12. The first-order valence-electron chi connectivity index (χ1n) is 6.24. The van der Waals surface area contributed by atoms with Crippen LogP contribution in [0.15, 0.2) is 29.2 Å². The number of hydrogen-bond acceptors (Lipinski definition) is 4. The van der Waals surface area contributed by atoms with Crippen LogP contribution in [0, 0.1) is 0 Å².